The van der Waals surface area contributed by atoms with Crippen LogP contribution in [0.25, 0.3) is 0 Å². The van der Waals surface area contributed by atoms with Crippen molar-refractivity contribution in [3.63, 3.8) is 0 Å². The normalized spacial score (nSPS) is 18.4. The molecule has 2 fully saturated rings. The first kappa shape index (κ1) is 23.3. The summed E-state index contributed by atoms with van der Waals surface area (Å²) in [6.45, 7) is 4.41. The van der Waals surface area contributed by atoms with Crippen LogP contribution in [0.1, 0.15) is 53.2 Å². The van der Waals surface area contributed by atoms with Crippen LogP contribution < -0.4 is 9.47 Å². The lowest BCUT2D eigenvalue weighted by Gasteiger charge is -2.33. The van der Waals surface area contributed by atoms with E-state index in [1.165, 1.54) is 12.8 Å². The summed E-state index contributed by atoms with van der Waals surface area (Å²) >= 11 is 0. The first-order chi connectivity index (χ1) is 17.2. The van der Waals surface area contributed by atoms with Gasteiger partial charge in [-0.25, -0.2) is 4.98 Å². The molecule has 0 aliphatic carbocycles. The minimum atomic E-state index is 0.0698. The molecule has 5 rings (SSSR count). The van der Waals surface area contributed by atoms with E-state index in [9.17, 15) is 4.79 Å². The van der Waals surface area contributed by atoms with E-state index in [0.29, 0.717) is 18.2 Å². The van der Waals surface area contributed by atoms with E-state index < -0.39 is 0 Å². The van der Waals surface area contributed by atoms with Gasteiger partial charge in [-0.2, -0.15) is 0 Å². The maximum atomic E-state index is 13.6. The highest BCUT2D eigenvalue weighted by Gasteiger charge is 2.30. The van der Waals surface area contributed by atoms with E-state index >= 15 is 0 Å². The molecule has 1 atom stereocenters. The van der Waals surface area contributed by atoms with Crippen LogP contribution in [-0.2, 0) is 6.54 Å². The van der Waals surface area contributed by atoms with Gasteiger partial charge in [0.15, 0.2) is 0 Å². The van der Waals surface area contributed by atoms with Crippen LogP contribution in [0.5, 0.6) is 17.4 Å². The molecule has 35 heavy (non-hydrogen) atoms. The Bertz CT molecular complexity index is 1140. The van der Waals surface area contributed by atoms with Gasteiger partial charge in [0.25, 0.3) is 5.91 Å². The van der Waals surface area contributed by atoms with Gasteiger partial charge in [0, 0.05) is 43.5 Å². The van der Waals surface area contributed by atoms with Gasteiger partial charge >= 0.3 is 0 Å². The third-order valence-electron chi connectivity index (χ3n) is 6.90. The molecule has 2 aromatic carbocycles. The zero-order valence-corrected chi connectivity index (χ0v) is 20.2. The predicted octanol–water partition coefficient (Wildman–Crippen LogP) is 4.89. The zero-order chi connectivity index (χ0) is 24.0. The first-order valence-corrected chi connectivity index (χ1v) is 12.4. The number of aromatic nitrogens is 2. The summed E-state index contributed by atoms with van der Waals surface area (Å²) in [4.78, 5) is 27.1. The van der Waals surface area contributed by atoms with Crippen molar-refractivity contribution in [2.24, 2.45) is 0 Å². The van der Waals surface area contributed by atoms with Gasteiger partial charge in [0.1, 0.15) is 17.2 Å². The Labute approximate surface area is 206 Å². The van der Waals surface area contributed by atoms with E-state index in [1.807, 2.05) is 47.4 Å². The van der Waals surface area contributed by atoms with Crippen molar-refractivity contribution in [2.45, 2.75) is 38.1 Å². The average Bonchev–Trinajstić information content (AvgIpc) is 3.43. The number of hydrogen-bond acceptors (Lipinski definition) is 6. The molecule has 2 aliphatic heterocycles. The van der Waals surface area contributed by atoms with E-state index in [2.05, 4.69) is 20.9 Å². The minimum Gasteiger partial charge on any atom is -0.497 e. The van der Waals surface area contributed by atoms with Crippen molar-refractivity contribution in [2.75, 3.05) is 33.3 Å². The maximum absolute atomic E-state index is 13.6. The fourth-order valence-corrected chi connectivity index (χ4v) is 5.05. The van der Waals surface area contributed by atoms with Gasteiger partial charge in [-0.3, -0.25) is 14.7 Å². The van der Waals surface area contributed by atoms with Gasteiger partial charge < -0.3 is 14.4 Å². The van der Waals surface area contributed by atoms with Crippen molar-refractivity contribution >= 4 is 5.91 Å². The highest BCUT2D eigenvalue weighted by molar-refractivity contribution is 5.95. The Morgan fingerprint density at radius 1 is 0.943 bits per heavy atom. The number of carbonyl (C=O) groups excluding carboxylic acids is 1. The Balaban J connectivity index is 1.32. The minimum absolute atomic E-state index is 0.0698. The van der Waals surface area contributed by atoms with Crippen molar-refractivity contribution < 1.29 is 14.3 Å². The summed E-state index contributed by atoms with van der Waals surface area (Å²) in [6.07, 6.45) is 7.68. The Kier molecular flexibility index (Phi) is 7.23. The quantitative estimate of drug-likeness (QED) is 0.488. The fraction of sp³-hybridized carbons (Fsp3) is 0.393. The van der Waals surface area contributed by atoms with E-state index in [-0.39, 0.29) is 11.8 Å². The van der Waals surface area contributed by atoms with E-state index in [0.717, 1.165) is 61.6 Å². The van der Waals surface area contributed by atoms with Crippen LogP contribution in [0.4, 0.5) is 0 Å². The third kappa shape index (κ3) is 5.46. The lowest BCUT2D eigenvalue weighted by atomic mass is 9.93. The molecule has 0 spiro atoms. The Morgan fingerprint density at radius 3 is 2.49 bits per heavy atom. The van der Waals surface area contributed by atoms with Crippen molar-refractivity contribution in [3.05, 3.63) is 77.7 Å². The highest BCUT2D eigenvalue weighted by Crippen LogP contribution is 2.33. The van der Waals surface area contributed by atoms with Crippen molar-refractivity contribution in [3.8, 4) is 17.4 Å². The van der Waals surface area contributed by atoms with Gasteiger partial charge in [0.2, 0.25) is 5.88 Å². The van der Waals surface area contributed by atoms with Crippen LogP contribution >= 0.6 is 0 Å². The van der Waals surface area contributed by atoms with Crippen LogP contribution in [0.15, 0.2) is 60.9 Å². The predicted molar refractivity (Wildman–Crippen MR) is 134 cm³/mol. The molecule has 7 heteroatoms. The molecule has 0 N–H and O–H groups in total. The monoisotopic (exact) mass is 472 g/mol. The number of carbonyl (C=O) groups is 1. The van der Waals surface area contributed by atoms with Crippen molar-refractivity contribution in [1.82, 2.24) is 19.8 Å². The molecular weight excluding hydrogens is 440 g/mol. The van der Waals surface area contributed by atoms with Crippen LogP contribution in [0.3, 0.4) is 0 Å². The summed E-state index contributed by atoms with van der Waals surface area (Å²) in [7, 11) is 1.64. The molecule has 1 aromatic heterocycles. The Hall–Kier alpha value is -3.45. The molecule has 182 valence electrons. The fourth-order valence-electron chi connectivity index (χ4n) is 5.05. The molecule has 3 aromatic rings. The Morgan fingerprint density at radius 2 is 1.69 bits per heavy atom. The standard InChI is InChI=1S/C28H32N4O3/c1-34-23-10-12-24(13-11-23)35-27-26(29-14-15-30-27)22-8-6-18-32(20-22)28(33)25-9-3-2-7-21(25)19-31-16-4-5-17-31/h2-3,7,9-15,22H,4-6,8,16-20H2,1H3/t22-/m1/s1. The molecule has 0 radical (unpaired) electrons. The number of ether oxygens (including phenoxy) is 2. The van der Waals surface area contributed by atoms with E-state index in [1.54, 1.807) is 19.5 Å². The molecule has 2 saturated heterocycles. The van der Waals surface area contributed by atoms with Crippen molar-refractivity contribution in [1.29, 1.82) is 0 Å². The third-order valence-corrected chi connectivity index (χ3v) is 6.90. The lowest BCUT2D eigenvalue weighted by molar-refractivity contribution is 0.0702. The summed E-state index contributed by atoms with van der Waals surface area (Å²) in [5, 5.41) is 0. The highest BCUT2D eigenvalue weighted by atomic mass is 16.5. The molecule has 1 amide bonds. The van der Waals surface area contributed by atoms with Crippen LogP contribution in [0, 0.1) is 0 Å². The summed E-state index contributed by atoms with van der Waals surface area (Å²) < 4.78 is 11.3. The SMILES string of the molecule is COc1ccc(Oc2nccnc2[C@@H]2CCCN(C(=O)c3ccccc3CN3CCCC3)C2)cc1. The molecule has 2 aliphatic rings. The number of methoxy groups -OCH3 is 1. The summed E-state index contributed by atoms with van der Waals surface area (Å²) in [6, 6.07) is 15.5. The molecule has 3 heterocycles. The van der Waals surface area contributed by atoms with Gasteiger partial charge in [0.05, 0.1) is 7.11 Å². The number of hydrogen-bond donors (Lipinski definition) is 0. The molecule has 0 unspecified atom stereocenters. The second kappa shape index (κ2) is 10.9. The average molecular weight is 473 g/mol. The number of amides is 1. The molecule has 7 nitrogen and oxygen atoms in total. The van der Waals surface area contributed by atoms with Gasteiger partial charge in [-0.1, -0.05) is 18.2 Å². The topological polar surface area (TPSA) is 67.8 Å². The van der Waals surface area contributed by atoms with Crippen LogP contribution in [0.2, 0.25) is 0 Å². The lowest BCUT2D eigenvalue weighted by Crippen LogP contribution is -2.40. The second-order valence-electron chi connectivity index (χ2n) is 9.26. The van der Waals surface area contributed by atoms with Gasteiger partial charge in [-0.05, 0) is 74.7 Å². The largest absolute Gasteiger partial charge is 0.497 e. The number of nitrogens with zero attached hydrogens (tertiary/aromatic N) is 4. The number of benzene rings is 2. The zero-order valence-electron chi connectivity index (χ0n) is 20.2. The smallest absolute Gasteiger partial charge is 0.254 e. The first-order valence-electron chi connectivity index (χ1n) is 12.4. The van der Waals surface area contributed by atoms with Crippen LogP contribution in [-0.4, -0.2) is 59.0 Å². The number of rotatable bonds is 7. The number of piperidine rings is 1. The number of likely N-dealkylation sites (tertiary alicyclic amines) is 2. The molecule has 0 bridgehead atoms. The summed E-state index contributed by atoms with van der Waals surface area (Å²) in [5.74, 6) is 2.10. The second-order valence-corrected chi connectivity index (χ2v) is 9.26. The molecular formula is C28H32N4O3. The van der Waals surface area contributed by atoms with Gasteiger partial charge in [-0.15, -0.1) is 0 Å². The maximum Gasteiger partial charge on any atom is 0.254 e. The van der Waals surface area contributed by atoms with E-state index in [4.69, 9.17) is 9.47 Å². The molecule has 0 saturated carbocycles. The summed E-state index contributed by atoms with van der Waals surface area (Å²) in [5.41, 5.74) is 2.73.